The number of rotatable bonds is 7. The molecule has 0 aromatic heterocycles. The molecule has 30 heavy (non-hydrogen) atoms. The maximum absolute atomic E-state index is 13.0. The molecular weight excluding hydrogens is 386 g/mol. The van der Waals surface area contributed by atoms with E-state index in [0.717, 1.165) is 0 Å². The summed E-state index contributed by atoms with van der Waals surface area (Å²) < 4.78 is 21.3. The molecule has 158 valence electrons. The summed E-state index contributed by atoms with van der Waals surface area (Å²) in [5.41, 5.74) is 1.33. The number of carbonyl (C=O) groups excluding carboxylic acids is 2. The molecule has 0 radical (unpaired) electrons. The summed E-state index contributed by atoms with van der Waals surface area (Å²) in [6.07, 6.45) is 1.87. The molecule has 7 nitrogen and oxygen atoms in total. The SMILES string of the molecule is COc1cc(/C=C/C(=O)O[C@H](C(=O)N2CCOCC2)c2ccccc2)cc(OC)c1. The van der Waals surface area contributed by atoms with Crippen LogP contribution in [0.1, 0.15) is 17.2 Å². The van der Waals surface area contributed by atoms with Crippen molar-refractivity contribution in [1.29, 1.82) is 0 Å². The first-order valence-corrected chi connectivity index (χ1v) is 9.64. The van der Waals surface area contributed by atoms with Crippen molar-refractivity contribution < 1.29 is 28.5 Å². The van der Waals surface area contributed by atoms with E-state index in [-0.39, 0.29) is 5.91 Å². The first kappa shape index (κ1) is 21.4. The molecule has 0 bridgehead atoms. The fourth-order valence-electron chi connectivity index (χ4n) is 3.08. The highest BCUT2D eigenvalue weighted by atomic mass is 16.5. The number of amides is 1. The quantitative estimate of drug-likeness (QED) is 0.515. The Kier molecular flexibility index (Phi) is 7.45. The lowest BCUT2D eigenvalue weighted by Gasteiger charge is -2.30. The molecule has 1 fully saturated rings. The van der Waals surface area contributed by atoms with Gasteiger partial charge in [0.2, 0.25) is 6.10 Å². The molecule has 0 aliphatic carbocycles. The molecule has 1 aliphatic rings. The largest absolute Gasteiger partial charge is 0.497 e. The Bertz CT molecular complexity index is 868. The van der Waals surface area contributed by atoms with Crippen molar-refractivity contribution in [3.8, 4) is 11.5 Å². The summed E-state index contributed by atoms with van der Waals surface area (Å²) in [5.74, 6) is 0.334. The topological polar surface area (TPSA) is 74.3 Å². The monoisotopic (exact) mass is 411 g/mol. The van der Waals surface area contributed by atoms with E-state index in [1.54, 1.807) is 67.7 Å². The number of nitrogens with zero attached hydrogens (tertiary/aromatic N) is 1. The van der Waals surface area contributed by atoms with Crippen LogP contribution in [0.2, 0.25) is 0 Å². The van der Waals surface area contributed by atoms with Crippen molar-refractivity contribution in [3.63, 3.8) is 0 Å². The molecule has 0 N–H and O–H groups in total. The van der Waals surface area contributed by atoms with Crippen molar-refractivity contribution in [2.45, 2.75) is 6.10 Å². The molecule has 2 aromatic carbocycles. The van der Waals surface area contributed by atoms with Gasteiger partial charge in [0.15, 0.2) is 0 Å². The van der Waals surface area contributed by atoms with Gasteiger partial charge in [-0.1, -0.05) is 30.3 Å². The fraction of sp³-hybridized carbons (Fsp3) is 0.304. The second kappa shape index (κ2) is 10.5. The third kappa shape index (κ3) is 5.61. The van der Waals surface area contributed by atoms with Crippen LogP contribution < -0.4 is 9.47 Å². The maximum Gasteiger partial charge on any atom is 0.331 e. The summed E-state index contributed by atoms with van der Waals surface area (Å²) >= 11 is 0. The van der Waals surface area contributed by atoms with Gasteiger partial charge in [0.05, 0.1) is 27.4 Å². The van der Waals surface area contributed by atoms with Crippen molar-refractivity contribution in [2.75, 3.05) is 40.5 Å². The van der Waals surface area contributed by atoms with Crippen molar-refractivity contribution in [1.82, 2.24) is 4.90 Å². The van der Waals surface area contributed by atoms with Crippen LogP contribution in [0.15, 0.2) is 54.6 Å². The Morgan fingerprint density at radius 1 is 1.00 bits per heavy atom. The summed E-state index contributed by atoms with van der Waals surface area (Å²) in [6, 6.07) is 14.3. The van der Waals surface area contributed by atoms with Crippen LogP contribution in [0, 0.1) is 0 Å². The first-order valence-electron chi connectivity index (χ1n) is 9.64. The van der Waals surface area contributed by atoms with Crippen LogP contribution in [0.3, 0.4) is 0 Å². The highest BCUT2D eigenvalue weighted by Crippen LogP contribution is 2.24. The zero-order valence-corrected chi connectivity index (χ0v) is 17.1. The van der Waals surface area contributed by atoms with E-state index in [4.69, 9.17) is 18.9 Å². The van der Waals surface area contributed by atoms with E-state index in [0.29, 0.717) is 48.9 Å². The number of methoxy groups -OCH3 is 2. The summed E-state index contributed by atoms with van der Waals surface area (Å²) in [5, 5.41) is 0. The van der Waals surface area contributed by atoms with Gasteiger partial charge < -0.3 is 23.8 Å². The molecule has 1 aliphatic heterocycles. The van der Waals surface area contributed by atoms with Gasteiger partial charge in [-0.3, -0.25) is 4.79 Å². The van der Waals surface area contributed by atoms with E-state index in [9.17, 15) is 9.59 Å². The van der Waals surface area contributed by atoms with Gasteiger partial charge in [-0.25, -0.2) is 4.79 Å². The van der Waals surface area contributed by atoms with Crippen LogP contribution in [0.5, 0.6) is 11.5 Å². The molecule has 1 heterocycles. The van der Waals surface area contributed by atoms with Crippen LogP contribution in [0.25, 0.3) is 6.08 Å². The molecule has 1 amide bonds. The zero-order chi connectivity index (χ0) is 21.3. The number of esters is 1. The maximum atomic E-state index is 13.0. The van der Waals surface area contributed by atoms with E-state index in [2.05, 4.69) is 0 Å². The van der Waals surface area contributed by atoms with Crippen molar-refractivity contribution in [2.24, 2.45) is 0 Å². The Morgan fingerprint density at radius 3 is 2.23 bits per heavy atom. The standard InChI is InChI=1S/C23H25NO6/c1-27-19-14-17(15-20(16-19)28-2)8-9-21(25)30-22(18-6-4-3-5-7-18)23(26)24-10-12-29-13-11-24/h3-9,14-16,22H,10-13H2,1-2H3/b9-8+/t22-/m0/s1. The molecular formula is C23H25NO6. The van der Waals surface area contributed by atoms with E-state index < -0.39 is 12.1 Å². The van der Waals surface area contributed by atoms with Gasteiger partial charge in [0.25, 0.3) is 5.91 Å². The highest BCUT2D eigenvalue weighted by Gasteiger charge is 2.29. The van der Waals surface area contributed by atoms with Crippen molar-refractivity contribution >= 4 is 18.0 Å². The minimum Gasteiger partial charge on any atom is -0.497 e. The van der Waals surface area contributed by atoms with Gasteiger partial charge in [-0.15, -0.1) is 0 Å². The minimum atomic E-state index is -1.01. The van der Waals surface area contributed by atoms with E-state index in [1.165, 1.54) is 6.08 Å². The zero-order valence-electron chi connectivity index (χ0n) is 17.1. The lowest BCUT2D eigenvalue weighted by atomic mass is 10.1. The number of benzene rings is 2. The Hall–Kier alpha value is -3.32. The average molecular weight is 411 g/mol. The van der Waals surface area contributed by atoms with Gasteiger partial charge in [-0.2, -0.15) is 0 Å². The normalized spacial score (nSPS) is 14.9. The van der Waals surface area contributed by atoms with Crippen LogP contribution >= 0.6 is 0 Å². The molecule has 1 saturated heterocycles. The molecule has 0 spiro atoms. The van der Waals surface area contributed by atoms with Crippen molar-refractivity contribution in [3.05, 3.63) is 65.7 Å². The first-order chi connectivity index (χ1) is 14.6. The number of morpholine rings is 1. The van der Waals surface area contributed by atoms with Gasteiger partial charge in [0.1, 0.15) is 11.5 Å². The fourth-order valence-corrected chi connectivity index (χ4v) is 3.08. The van der Waals surface area contributed by atoms with E-state index >= 15 is 0 Å². The molecule has 3 rings (SSSR count). The van der Waals surface area contributed by atoms with Crippen LogP contribution in [-0.4, -0.2) is 57.3 Å². The average Bonchev–Trinajstić information content (AvgIpc) is 2.81. The summed E-state index contributed by atoms with van der Waals surface area (Å²) in [6.45, 7) is 1.88. The van der Waals surface area contributed by atoms with E-state index in [1.807, 2.05) is 6.07 Å². The van der Waals surface area contributed by atoms with Gasteiger partial charge in [0, 0.05) is 30.8 Å². The van der Waals surface area contributed by atoms with Crippen LogP contribution in [-0.2, 0) is 19.1 Å². The predicted molar refractivity (Wildman–Crippen MR) is 111 cm³/mol. The summed E-state index contributed by atoms with van der Waals surface area (Å²) in [4.78, 5) is 27.2. The third-order valence-electron chi connectivity index (χ3n) is 4.67. The van der Waals surface area contributed by atoms with Gasteiger partial charge >= 0.3 is 5.97 Å². The summed E-state index contributed by atoms with van der Waals surface area (Å²) in [7, 11) is 3.11. The second-order valence-corrected chi connectivity index (χ2v) is 6.64. The molecule has 2 aromatic rings. The molecule has 1 atom stereocenters. The molecule has 0 saturated carbocycles. The molecule has 0 unspecified atom stereocenters. The number of ether oxygens (including phenoxy) is 4. The molecule has 7 heteroatoms. The smallest absolute Gasteiger partial charge is 0.331 e. The number of hydrogen-bond donors (Lipinski definition) is 0. The Labute approximate surface area is 175 Å². The van der Waals surface area contributed by atoms with Crippen LogP contribution in [0.4, 0.5) is 0 Å². The minimum absolute atomic E-state index is 0.255. The highest BCUT2D eigenvalue weighted by molar-refractivity contribution is 5.91. The predicted octanol–water partition coefficient (Wildman–Crippen LogP) is 2.86. The number of hydrogen-bond acceptors (Lipinski definition) is 6. The Morgan fingerprint density at radius 2 is 1.63 bits per heavy atom. The number of carbonyl (C=O) groups is 2. The lowest BCUT2D eigenvalue weighted by molar-refractivity contribution is -0.159. The lowest BCUT2D eigenvalue weighted by Crippen LogP contribution is -2.44. The third-order valence-corrected chi connectivity index (χ3v) is 4.67. The van der Waals surface area contributed by atoms with Gasteiger partial charge in [-0.05, 0) is 23.8 Å². The second-order valence-electron chi connectivity index (χ2n) is 6.64. The Balaban J connectivity index is 1.76.